The highest BCUT2D eigenvalue weighted by Crippen LogP contribution is 2.14. The molecule has 0 radical (unpaired) electrons. The first-order valence-corrected chi connectivity index (χ1v) is 6.06. The monoisotopic (exact) mass is 238 g/mol. The summed E-state index contributed by atoms with van der Waals surface area (Å²) in [6.45, 7) is 3.96. The molecule has 0 unspecified atom stereocenters. The van der Waals surface area contributed by atoms with Crippen LogP contribution in [0.3, 0.4) is 0 Å². The normalized spacial score (nSPS) is 12.9. The van der Waals surface area contributed by atoms with Crippen LogP contribution in [0.1, 0.15) is 41.8 Å². The average Bonchev–Trinajstić information content (AvgIpc) is 2.87. The standard InChI is InChI=1S/C10H14N4OS/c1-3-8(11)10-13-9(14-15-10)4-7-5-16-6(2)12-7/h5,8H,3-4,11H2,1-2H3/t8-/m1/s1. The van der Waals surface area contributed by atoms with Crippen molar-refractivity contribution in [2.45, 2.75) is 32.7 Å². The van der Waals surface area contributed by atoms with Crippen LogP contribution in [-0.4, -0.2) is 15.1 Å². The molecule has 0 aliphatic carbocycles. The summed E-state index contributed by atoms with van der Waals surface area (Å²) in [5, 5.41) is 6.94. The maximum atomic E-state index is 5.80. The predicted octanol–water partition coefficient (Wildman–Crippen LogP) is 1.84. The zero-order valence-corrected chi connectivity index (χ0v) is 10.1. The van der Waals surface area contributed by atoms with Gasteiger partial charge in [0, 0.05) is 5.38 Å². The molecular formula is C10H14N4OS. The molecule has 16 heavy (non-hydrogen) atoms. The van der Waals surface area contributed by atoms with Crippen molar-refractivity contribution >= 4 is 11.3 Å². The van der Waals surface area contributed by atoms with Gasteiger partial charge in [0.15, 0.2) is 5.82 Å². The van der Waals surface area contributed by atoms with E-state index >= 15 is 0 Å². The molecule has 0 aliphatic heterocycles. The van der Waals surface area contributed by atoms with Gasteiger partial charge in [-0.1, -0.05) is 12.1 Å². The fourth-order valence-corrected chi connectivity index (χ4v) is 1.93. The molecule has 0 aromatic carbocycles. The van der Waals surface area contributed by atoms with Crippen LogP contribution in [0.2, 0.25) is 0 Å². The predicted molar refractivity (Wildman–Crippen MR) is 61.2 cm³/mol. The molecule has 86 valence electrons. The number of hydrogen-bond donors (Lipinski definition) is 1. The van der Waals surface area contributed by atoms with Gasteiger partial charge < -0.3 is 10.3 Å². The van der Waals surface area contributed by atoms with E-state index in [2.05, 4.69) is 15.1 Å². The molecule has 6 heteroatoms. The van der Waals surface area contributed by atoms with Crippen molar-refractivity contribution in [3.63, 3.8) is 0 Å². The Kier molecular flexibility index (Phi) is 3.31. The van der Waals surface area contributed by atoms with Crippen LogP contribution in [0.15, 0.2) is 9.90 Å². The molecule has 2 aromatic rings. The van der Waals surface area contributed by atoms with Crippen molar-refractivity contribution in [3.05, 3.63) is 27.8 Å². The van der Waals surface area contributed by atoms with E-state index in [1.54, 1.807) is 11.3 Å². The lowest BCUT2D eigenvalue weighted by atomic mass is 10.2. The number of rotatable bonds is 4. The highest BCUT2D eigenvalue weighted by molar-refractivity contribution is 7.09. The van der Waals surface area contributed by atoms with E-state index in [0.29, 0.717) is 18.1 Å². The number of hydrogen-bond acceptors (Lipinski definition) is 6. The molecule has 0 saturated carbocycles. The van der Waals surface area contributed by atoms with E-state index in [-0.39, 0.29) is 6.04 Å². The second-order valence-corrected chi connectivity index (χ2v) is 4.66. The first-order chi connectivity index (χ1) is 7.69. The number of nitrogens with zero attached hydrogens (tertiary/aromatic N) is 3. The molecular weight excluding hydrogens is 224 g/mol. The number of aromatic nitrogens is 3. The molecule has 2 aromatic heterocycles. The summed E-state index contributed by atoms with van der Waals surface area (Å²) in [6.07, 6.45) is 1.39. The Bertz CT molecular complexity index is 465. The van der Waals surface area contributed by atoms with Gasteiger partial charge in [0.1, 0.15) is 0 Å². The molecule has 0 aliphatic rings. The molecule has 1 atom stereocenters. The van der Waals surface area contributed by atoms with Gasteiger partial charge in [-0.3, -0.25) is 0 Å². The maximum absolute atomic E-state index is 5.80. The third-order valence-electron chi connectivity index (χ3n) is 2.25. The van der Waals surface area contributed by atoms with Crippen molar-refractivity contribution in [2.24, 2.45) is 5.73 Å². The van der Waals surface area contributed by atoms with Crippen LogP contribution >= 0.6 is 11.3 Å². The van der Waals surface area contributed by atoms with Crippen molar-refractivity contribution in [1.82, 2.24) is 15.1 Å². The van der Waals surface area contributed by atoms with Crippen LogP contribution in [0.25, 0.3) is 0 Å². The minimum Gasteiger partial charge on any atom is -0.338 e. The highest BCUT2D eigenvalue weighted by Gasteiger charge is 2.13. The first kappa shape index (κ1) is 11.2. The summed E-state index contributed by atoms with van der Waals surface area (Å²) >= 11 is 1.62. The lowest BCUT2D eigenvalue weighted by Gasteiger charge is -1.98. The number of thiazole rings is 1. The summed E-state index contributed by atoms with van der Waals surface area (Å²) in [7, 11) is 0. The summed E-state index contributed by atoms with van der Waals surface area (Å²) < 4.78 is 5.09. The van der Waals surface area contributed by atoms with Crippen LogP contribution in [0.5, 0.6) is 0 Å². The van der Waals surface area contributed by atoms with Gasteiger partial charge in [-0.2, -0.15) is 4.98 Å². The fourth-order valence-electron chi connectivity index (χ4n) is 1.32. The first-order valence-electron chi connectivity index (χ1n) is 5.18. The molecule has 0 spiro atoms. The van der Waals surface area contributed by atoms with Crippen LogP contribution in [0, 0.1) is 6.92 Å². The Morgan fingerprint density at radius 1 is 1.50 bits per heavy atom. The van der Waals surface area contributed by atoms with E-state index in [0.717, 1.165) is 17.1 Å². The van der Waals surface area contributed by atoms with Crippen molar-refractivity contribution in [2.75, 3.05) is 0 Å². The smallest absolute Gasteiger partial charge is 0.243 e. The third kappa shape index (κ3) is 2.45. The molecule has 0 bridgehead atoms. The third-order valence-corrected chi connectivity index (χ3v) is 3.07. The van der Waals surface area contributed by atoms with E-state index in [9.17, 15) is 0 Å². The van der Waals surface area contributed by atoms with Crippen molar-refractivity contribution in [3.8, 4) is 0 Å². The summed E-state index contributed by atoms with van der Waals surface area (Å²) in [5.74, 6) is 1.15. The van der Waals surface area contributed by atoms with Crippen LogP contribution in [0.4, 0.5) is 0 Å². The Balaban J connectivity index is 2.08. The zero-order valence-electron chi connectivity index (χ0n) is 9.30. The summed E-state index contributed by atoms with van der Waals surface area (Å²) in [6, 6.07) is -0.168. The lowest BCUT2D eigenvalue weighted by molar-refractivity contribution is 0.348. The minimum atomic E-state index is -0.168. The van der Waals surface area contributed by atoms with Crippen molar-refractivity contribution in [1.29, 1.82) is 0 Å². The minimum absolute atomic E-state index is 0.168. The Hall–Kier alpha value is -1.27. The topological polar surface area (TPSA) is 77.8 Å². The van der Waals surface area contributed by atoms with Gasteiger partial charge in [-0.05, 0) is 13.3 Å². The maximum Gasteiger partial charge on any atom is 0.243 e. The largest absolute Gasteiger partial charge is 0.338 e. The molecule has 0 fully saturated rings. The Morgan fingerprint density at radius 3 is 2.94 bits per heavy atom. The van der Waals surface area contributed by atoms with Gasteiger partial charge >= 0.3 is 0 Å². The molecule has 2 heterocycles. The SMILES string of the molecule is CC[C@@H](N)c1nc(Cc2csc(C)n2)no1. The second kappa shape index (κ2) is 4.71. The van der Waals surface area contributed by atoms with E-state index in [1.807, 2.05) is 19.2 Å². The highest BCUT2D eigenvalue weighted by atomic mass is 32.1. The summed E-state index contributed by atoms with van der Waals surface area (Å²) in [5.41, 5.74) is 6.77. The van der Waals surface area contributed by atoms with E-state index in [4.69, 9.17) is 10.3 Å². The molecule has 2 rings (SSSR count). The molecule has 2 N–H and O–H groups in total. The van der Waals surface area contributed by atoms with E-state index < -0.39 is 0 Å². The molecule has 0 amide bonds. The van der Waals surface area contributed by atoms with Crippen LogP contribution in [-0.2, 0) is 6.42 Å². The van der Waals surface area contributed by atoms with E-state index in [1.165, 1.54) is 0 Å². The van der Waals surface area contributed by atoms with Gasteiger partial charge in [0.25, 0.3) is 0 Å². The van der Waals surface area contributed by atoms with Gasteiger partial charge in [0.05, 0.1) is 23.2 Å². The van der Waals surface area contributed by atoms with Gasteiger partial charge in [-0.15, -0.1) is 11.3 Å². The quantitative estimate of drug-likeness (QED) is 0.879. The second-order valence-electron chi connectivity index (χ2n) is 3.60. The Morgan fingerprint density at radius 2 is 2.31 bits per heavy atom. The zero-order chi connectivity index (χ0) is 11.5. The number of aryl methyl sites for hydroxylation is 1. The van der Waals surface area contributed by atoms with Gasteiger partial charge in [-0.25, -0.2) is 4.98 Å². The van der Waals surface area contributed by atoms with Gasteiger partial charge in [0.2, 0.25) is 5.89 Å². The molecule has 0 saturated heterocycles. The lowest BCUT2D eigenvalue weighted by Crippen LogP contribution is -2.08. The summed E-state index contributed by atoms with van der Waals surface area (Å²) in [4.78, 5) is 8.59. The fraction of sp³-hybridized carbons (Fsp3) is 0.500. The van der Waals surface area contributed by atoms with Crippen LogP contribution < -0.4 is 5.73 Å². The Labute approximate surface area is 97.7 Å². The molecule has 5 nitrogen and oxygen atoms in total. The van der Waals surface area contributed by atoms with Crippen molar-refractivity contribution < 1.29 is 4.52 Å². The average molecular weight is 238 g/mol. The number of nitrogens with two attached hydrogens (primary N) is 1.